The summed E-state index contributed by atoms with van der Waals surface area (Å²) in [5.74, 6) is 2.20. The molecule has 0 bridgehead atoms. The molecular weight excluding hydrogens is 256 g/mol. The van der Waals surface area contributed by atoms with Gasteiger partial charge in [-0.1, -0.05) is 6.08 Å². The van der Waals surface area contributed by atoms with Crippen molar-refractivity contribution < 1.29 is 18.7 Å². The molecule has 1 aromatic heterocycles. The molecule has 0 N–H and O–H groups in total. The molecule has 0 unspecified atom stereocenters. The third-order valence-electron chi connectivity index (χ3n) is 2.78. The summed E-state index contributed by atoms with van der Waals surface area (Å²) in [6.45, 7) is 1.80. The Balaban J connectivity index is 2.20. The average molecular weight is 272 g/mol. The molecule has 0 radical (unpaired) electrons. The van der Waals surface area contributed by atoms with Gasteiger partial charge in [-0.2, -0.15) is 0 Å². The van der Waals surface area contributed by atoms with Crippen LogP contribution in [0.4, 0.5) is 0 Å². The van der Waals surface area contributed by atoms with Gasteiger partial charge in [0.05, 0.1) is 14.2 Å². The molecule has 4 nitrogen and oxygen atoms in total. The topological polar surface area (TPSA) is 48.7 Å². The van der Waals surface area contributed by atoms with E-state index in [-0.39, 0.29) is 5.78 Å². The van der Waals surface area contributed by atoms with Gasteiger partial charge in [0.25, 0.3) is 0 Å². The highest BCUT2D eigenvalue weighted by Gasteiger charge is 2.06. The van der Waals surface area contributed by atoms with E-state index in [0.29, 0.717) is 23.0 Å². The fourth-order valence-corrected chi connectivity index (χ4v) is 1.75. The van der Waals surface area contributed by atoms with Gasteiger partial charge in [-0.05, 0) is 42.8 Å². The van der Waals surface area contributed by atoms with Crippen molar-refractivity contribution in [2.45, 2.75) is 6.92 Å². The summed E-state index contributed by atoms with van der Waals surface area (Å²) in [4.78, 5) is 11.9. The molecule has 0 aliphatic heterocycles. The Labute approximate surface area is 117 Å². The number of carbonyl (C=O) groups excluding carboxylic acids is 1. The molecule has 0 amide bonds. The first-order valence-electron chi connectivity index (χ1n) is 6.14. The monoisotopic (exact) mass is 272 g/mol. The molecule has 0 saturated carbocycles. The van der Waals surface area contributed by atoms with Crippen molar-refractivity contribution in [1.29, 1.82) is 0 Å². The summed E-state index contributed by atoms with van der Waals surface area (Å²) in [6, 6.07) is 8.83. The molecule has 0 saturated heterocycles. The average Bonchev–Trinajstić information content (AvgIpc) is 2.91. The number of ether oxygens (including phenoxy) is 2. The van der Waals surface area contributed by atoms with E-state index in [1.165, 1.54) is 6.08 Å². The molecule has 104 valence electrons. The maximum Gasteiger partial charge on any atom is 0.221 e. The van der Waals surface area contributed by atoms with Crippen LogP contribution in [0.1, 0.15) is 21.9 Å². The lowest BCUT2D eigenvalue weighted by Gasteiger charge is -2.05. The molecule has 0 aliphatic carbocycles. The predicted octanol–water partition coefficient (Wildman–Crippen LogP) is 3.50. The number of aryl methyl sites for hydroxylation is 1. The second-order valence-electron chi connectivity index (χ2n) is 4.25. The van der Waals surface area contributed by atoms with Crippen LogP contribution in [0.15, 0.2) is 40.8 Å². The largest absolute Gasteiger partial charge is 0.497 e. The SMILES string of the molecule is COc1cc(C=CC(=O)c2ccc(C)o2)cc(OC)c1. The van der Waals surface area contributed by atoms with Crippen LogP contribution in [0.3, 0.4) is 0 Å². The van der Waals surface area contributed by atoms with Gasteiger partial charge >= 0.3 is 0 Å². The van der Waals surface area contributed by atoms with E-state index in [1.807, 2.05) is 12.1 Å². The lowest BCUT2D eigenvalue weighted by Crippen LogP contribution is -1.91. The molecule has 0 aliphatic rings. The minimum Gasteiger partial charge on any atom is -0.497 e. The number of hydrogen-bond acceptors (Lipinski definition) is 4. The van der Waals surface area contributed by atoms with E-state index < -0.39 is 0 Å². The van der Waals surface area contributed by atoms with Crippen LogP contribution in [0.5, 0.6) is 11.5 Å². The highest BCUT2D eigenvalue weighted by molar-refractivity contribution is 6.04. The molecule has 20 heavy (non-hydrogen) atoms. The lowest BCUT2D eigenvalue weighted by molar-refractivity contribution is 0.102. The Morgan fingerprint density at radius 3 is 2.25 bits per heavy atom. The van der Waals surface area contributed by atoms with Crippen molar-refractivity contribution in [2.75, 3.05) is 14.2 Å². The lowest BCUT2D eigenvalue weighted by atomic mass is 10.1. The van der Waals surface area contributed by atoms with Crippen LogP contribution in [-0.4, -0.2) is 20.0 Å². The summed E-state index contributed by atoms with van der Waals surface area (Å²) in [5.41, 5.74) is 0.817. The molecule has 0 fully saturated rings. The Bertz CT molecular complexity index is 615. The number of carbonyl (C=O) groups is 1. The molecule has 2 rings (SSSR count). The van der Waals surface area contributed by atoms with Crippen LogP contribution >= 0.6 is 0 Å². The molecule has 2 aromatic rings. The number of benzene rings is 1. The number of allylic oxidation sites excluding steroid dienone is 1. The van der Waals surface area contributed by atoms with Gasteiger partial charge < -0.3 is 13.9 Å². The van der Waals surface area contributed by atoms with Crippen LogP contribution < -0.4 is 9.47 Å². The van der Waals surface area contributed by atoms with Crippen molar-refractivity contribution in [3.05, 3.63) is 53.5 Å². The smallest absolute Gasteiger partial charge is 0.221 e. The summed E-state index contributed by atoms with van der Waals surface area (Å²) in [5, 5.41) is 0. The van der Waals surface area contributed by atoms with Gasteiger partial charge in [0.2, 0.25) is 5.78 Å². The van der Waals surface area contributed by atoms with Crippen molar-refractivity contribution in [3.8, 4) is 11.5 Å². The molecular formula is C16H16O4. The molecule has 0 spiro atoms. The number of ketones is 1. The minimum atomic E-state index is -0.181. The van der Waals surface area contributed by atoms with Crippen LogP contribution in [0.25, 0.3) is 6.08 Å². The van der Waals surface area contributed by atoms with E-state index >= 15 is 0 Å². The molecule has 0 atom stereocenters. The number of rotatable bonds is 5. The van der Waals surface area contributed by atoms with E-state index in [0.717, 1.165) is 5.56 Å². The van der Waals surface area contributed by atoms with Gasteiger partial charge in [-0.25, -0.2) is 0 Å². The highest BCUT2D eigenvalue weighted by atomic mass is 16.5. The third-order valence-corrected chi connectivity index (χ3v) is 2.78. The first kappa shape index (κ1) is 13.9. The second kappa shape index (κ2) is 6.10. The molecule has 1 aromatic carbocycles. The van der Waals surface area contributed by atoms with E-state index in [2.05, 4.69) is 0 Å². The summed E-state index contributed by atoms with van der Waals surface area (Å²) < 4.78 is 15.6. The Morgan fingerprint density at radius 2 is 1.75 bits per heavy atom. The zero-order valence-corrected chi connectivity index (χ0v) is 11.7. The quantitative estimate of drug-likeness (QED) is 0.617. The molecule has 1 heterocycles. The first-order chi connectivity index (χ1) is 9.62. The third kappa shape index (κ3) is 3.29. The van der Waals surface area contributed by atoms with Crippen LogP contribution in [0, 0.1) is 6.92 Å². The van der Waals surface area contributed by atoms with Gasteiger partial charge in [-0.3, -0.25) is 4.79 Å². The number of methoxy groups -OCH3 is 2. The van der Waals surface area contributed by atoms with Gasteiger partial charge in [0.1, 0.15) is 17.3 Å². The normalized spacial score (nSPS) is 10.8. The number of furan rings is 1. The summed E-state index contributed by atoms with van der Waals surface area (Å²) in [7, 11) is 3.16. The molecule has 4 heteroatoms. The Hall–Kier alpha value is -2.49. The highest BCUT2D eigenvalue weighted by Crippen LogP contribution is 2.23. The second-order valence-corrected chi connectivity index (χ2v) is 4.25. The van der Waals surface area contributed by atoms with Crippen molar-refractivity contribution >= 4 is 11.9 Å². The maximum atomic E-state index is 11.9. The van der Waals surface area contributed by atoms with Crippen molar-refractivity contribution in [2.24, 2.45) is 0 Å². The summed E-state index contributed by atoms with van der Waals surface area (Å²) in [6.07, 6.45) is 3.16. The minimum absolute atomic E-state index is 0.181. The number of hydrogen-bond donors (Lipinski definition) is 0. The fraction of sp³-hybridized carbons (Fsp3) is 0.188. The predicted molar refractivity (Wildman–Crippen MR) is 76.4 cm³/mol. The van der Waals surface area contributed by atoms with Gasteiger partial charge in [0, 0.05) is 6.07 Å². The first-order valence-corrected chi connectivity index (χ1v) is 6.14. The van der Waals surface area contributed by atoms with E-state index in [1.54, 1.807) is 45.4 Å². The van der Waals surface area contributed by atoms with Crippen LogP contribution in [-0.2, 0) is 0 Å². The maximum absolute atomic E-state index is 11.9. The van der Waals surface area contributed by atoms with E-state index in [9.17, 15) is 4.79 Å². The Kier molecular flexibility index (Phi) is 4.25. The Morgan fingerprint density at radius 1 is 1.10 bits per heavy atom. The zero-order valence-electron chi connectivity index (χ0n) is 11.7. The van der Waals surface area contributed by atoms with Gasteiger partial charge in [-0.15, -0.1) is 0 Å². The fourth-order valence-electron chi connectivity index (χ4n) is 1.75. The van der Waals surface area contributed by atoms with Crippen molar-refractivity contribution in [3.63, 3.8) is 0 Å². The van der Waals surface area contributed by atoms with E-state index in [4.69, 9.17) is 13.9 Å². The van der Waals surface area contributed by atoms with Crippen LogP contribution in [0.2, 0.25) is 0 Å². The summed E-state index contributed by atoms with van der Waals surface area (Å²) >= 11 is 0. The zero-order chi connectivity index (χ0) is 14.5. The van der Waals surface area contributed by atoms with Gasteiger partial charge in [0.15, 0.2) is 5.76 Å². The van der Waals surface area contributed by atoms with Crippen molar-refractivity contribution in [1.82, 2.24) is 0 Å². The standard InChI is InChI=1S/C16H16O4/c1-11-4-7-16(20-11)15(17)6-5-12-8-13(18-2)10-14(9-12)19-3/h4-10H,1-3H3.